The summed E-state index contributed by atoms with van der Waals surface area (Å²) < 4.78 is 32.3. The molecule has 1 aromatic carbocycles. The summed E-state index contributed by atoms with van der Waals surface area (Å²) in [4.78, 5) is 26.6. The summed E-state index contributed by atoms with van der Waals surface area (Å²) >= 11 is 0. The van der Waals surface area contributed by atoms with Gasteiger partial charge in [-0.15, -0.1) is 0 Å². The van der Waals surface area contributed by atoms with Crippen LogP contribution in [0, 0.1) is 19.8 Å². The third-order valence-electron chi connectivity index (χ3n) is 5.89. The average molecular weight is 447 g/mol. The third kappa shape index (κ3) is 4.22. The van der Waals surface area contributed by atoms with Crippen LogP contribution in [-0.2, 0) is 19.6 Å². The third-order valence-corrected chi connectivity index (χ3v) is 8.03. The molecule has 3 heterocycles. The van der Waals surface area contributed by atoms with Crippen molar-refractivity contribution in [2.75, 3.05) is 29.9 Å². The van der Waals surface area contributed by atoms with Gasteiger partial charge in [-0.3, -0.25) is 9.59 Å². The van der Waals surface area contributed by atoms with Crippen LogP contribution in [0.4, 0.5) is 11.4 Å². The van der Waals surface area contributed by atoms with Gasteiger partial charge in [-0.1, -0.05) is 11.2 Å². The van der Waals surface area contributed by atoms with Crippen LogP contribution in [0.25, 0.3) is 0 Å². The fourth-order valence-electron chi connectivity index (χ4n) is 4.25. The average Bonchev–Trinajstić information content (AvgIpc) is 3.33. The molecule has 0 spiro atoms. The predicted molar refractivity (Wildman–Crippen MR) is 114 cm³/mol. The number of aromatic nitrogens is 1. The molecule has 2 aromatic rings. The zero-order valence-corrected chi connectivity index (χ0v) is 18.4. The fourth-order valence-corrected chi connectivity index (χ4v) is 6.01. The highest BCUT2D eigenvalue weighted by Gasteiger charge is 2.35. The zero-order valence-electron chi connectivity index (χ0n) is 17.6. The van der Waals surface area contributed by atoms with Crippen LogP contribution in [0.15, 0.2) is 33.7 Å². The number of benzene rings is 1. The quantitative estimate of drug-likeness (QED) is 0.755. The predicted octanol–water partition coefficient (Wildman–Crippen LogP) is 2.46. The van der Waals surface area contributed by atoms with Crippen LogP contribution in [0.5, 0.6) is 0 Å². The van der Waals surface area contributed by atoms with Crippen LogP contribution in [0.1, 0.15) is 37.1 Å². The summed E-state index contributed by atoms with van der Waals surface area (Å²) in [6, 6.07) is 7.27. The number of piperidine rings is 1. The van der Waals surface area contributed by atoms with Crippen molar-refractivity contribution in [3.8, 4) is 0 Å². The highest BCUT2D eigenvalue weighted by molar-refractivity contribution is 7.89. The molecule has 9 nitrogen and oxygen atoms in total. The maximum atomic E-state index is 12.9. The van der Waals surface area contributed by atoms with Gasteiger partial charge in [0, 0.05) is 43.3 Å². The van der Waals surface area contributed by atoms with E-state index in [0.29, 0.717) is 37.2 Å². The lowest BCUT2D eigenvalue weighted by Crippen LogP contribution is -2.41. The molecule has 31 heavy (non-hydrogen) atoms. The standard InChI is InChI=1S/C21H26N4O5S/c1-14-20(15(2)30-23-14)31(28,29)24-11-8-16(9-12-24)21(27)22-17-5-3-6-18(13-17)25-10-4-7-19(25)26/h3,5-6,13,16H,4,7-12H2,1-2H3,(H,22,27). The van der Waals surface area contributed by atoms with E-state index in [1.54, 1.807) is 30.9 Å². The summed E-state index contributed by atoms with van der Waals surface area (Å²) in [5.74, 6) is -0.0587. The number of aryl methyl sites for hydroxylation is 2. The topological polar surface area (TPSA) is 113 Å². The Balaban J connectivity index is 1.38. The first kappa shape index (κ1) is 21.5. The highest BCUT2D eigenvalue weighted by Crippen LogP contribution is 2.29. The van der Waals surface area contributed by atoms with Crippen LogP contribution in [0.2, 0.25) is 0 Å². The molecular weight excluding hydrogens is 420 g/mol. The summed E-state index contributed by atoms with van der Waals surface area (Å²) in [6.07, 6.45) is 2.24. The Morgan fingerprint density at radius 2 is 1.94 bits per heavy atom. The maximum absolute atomic E-state index is 12.9. The van der Waals surface area contributed by atoms with E-state index in [-0.39, 0.29) is 41.5 Å². The minimum atomic E-state index is -3.70. The molecule has 0 aliphatic carbocycles. The molecule has 0 unspecified atom stereocenters. The Hall–Kier alpha value is -2.72. The number of sulfonamides is 1. The summed E-state index contributed by atoms with van der Waals surface area (Å²) in [7, 11) is -3.70. The van der Waals surface area contributed by atoms with E-state index in [0.717, 1.165) is 12.1 Å². The second-order valence-electron chi connectivity index (χ2n) is 8.02. The Morgan fingerprint density at radius 3 is 2.55 bits per heavy atom. The van der Waals surface area contributed by atoms with Crippen LogP contribution in [-0.4, -0.2) is 49.3 Å². The number of hydrogen-bond acceptors (Lipinski definition) is 6. The van der Waals surface area contributed by atoms with Crippen LogP contribution in [0.3, 0.4) is 0 Å². The van der Waals surface area contributed by atoms with Gasteiger partial charge in [0.2, 0.25) is 21.8 Å². The van der Waals surface area contributed by atoms with E-state index in [1.165, 1.54) is 4.31 Å². The molecule has 0 saturated carbocycles. The first-order valence-corrected chi connectivity index (χ1v) is 11.9. The van der Waals surface area contributed by atoms with Gasteiger partial charge in [0.25, 0.3) is 0 Å². The number of carbonyl (C=O) groups excluding carboxylic acids is 2. The monoisotopic (exact) mass is 446 g/mol. The van der Waals surface area contributed by atoms with E-state index in [4.69, 9.17) is 4.52 Å². The van der Waals surface area contributed by atoms with Gasteiger partial charge in [-0.25, -0.2) is 8.42 Å². The Bertz CT molecular complexity index is 1080. The molecule has 1 aromatic heterocycles. The van der Waals surface area contributed by atoms with E-state index in [9.17, 15) is 18.0 Å². The second-order valence-corrected chi connectivity index (χ2v) is 9.89. The first-order valence-electron chi connectivity index (χ1n) is 10.4. The van der Waals surface area contributed by atoms with Gasteiger partial charge in [0.15, 0.2) is 5.76 Å². The van der Waals surface area contributed by atoms with Gasteiger partial charge < -0.3 is 14.7 Å². The summed E-state index contributed by atoms with van der Waals surface area (Å²) in [5, 5.41) is 6.66. The Kier molecular flexibility index (Phi) is 5.85. The van der Waals surface area contributed by atoms with Gasteiger partial charge in [-0.05, 0) is 51.3 Å². The Morgan fingerprint density at radius 1 is 1.19 bits per heavy atom. The van der Waals surface area contributed by atoms with Crippen molar-refractivity contribution in [2.24, 2.45) is 5.92 Å². The van der Waals surface area contributed by atoms with Gasteiger partial charge >= 0.3 is 0 Å². The molecule has 2 aliphatic rings. The van der Waals surface area contributed by atoms with E-state index in [1.807, 2.05) is 12.1 Å². The fraction of sp³-hybridized carbons (Fsp3) is 0.476. The van der Waals surface area contributed by atoms with Crippen LogP contribution >= 0.6 is 0 Å². The minimum Gasteiger partial charge on any atom is -0.360 e. The lowest BCUT2D eigenvalue weighted by Gasteiger charge is -2.30. The smallest absolute Gasteiger partial charge is 0.248 e. The Labute approximate surface area is 181 Å². The largest absolute Gasteiger partial charge is 0.360 e. The molecule has 1 N–H and O–H groups in total. The van der Waals surface area contributed by atoms with Crippen molar-refractivity contribution in [1.82, 2.24) is 9.46 Å². The molecule has 2 saturated heterocycles. The molecule has 4 rings (SSSR count). The molecule has 2 fully saturated rings. The number of carbonyl (C=O) groups is 2. The van der Waals surface area contributed by atoms with Gasteiger partial charge in [0.1, 0.15) is 10.6 Å². The SMILES string of the molecule is Cc1noc(C)c1S(=O)(=O)N1CCC(C(=O)Nc2cccc(N3CCCC3=O)c2)CC1. The minimum absolute atomic E-state index is 0.0929. The highest BCUT2D eigenvalue weighted by atomic mass is 32.2. The molecule has 2 aliphatic heterocycles. The number of rotatable bonds is 5. The number of hydrogen-bond donors (Lipinski definition) is 1. The number of nitrogens with one attached hydrogen (secondary N) is 1. The second kappa shape index (κ2) is 8.43. The van der Waals surface area contributed by atoms with Gasteiger partial charge in [-0.2, -0.15) is 4.31 Å². The van der Waals surface area contributed by atoms with Crippen molar-refractivity contribution in [3.63, 3.8) is 0 Å². The molecule has 0 atom stereocenters. The summed E-state index contributed by atoms with van der Waals surface area (Å²) in [5.41, 5.74) is 1.75. The molecule has 0 bridgehead atoms. The maximum Gasteiger partial charge on any atom is 0.248 e. The lowest BCUT2D eigenvalue weighted by molar-refractivity contribution is -0.121. The molecular formula is C21H26N4O5S. The van der Waals surface area contributed by atoms with Crippen LogP contribution < -0.4 is 10.2 Å². The molecule has 0 radical (unpaired) electrons. The molecule has 2 amide bonds. The normalized spacial score (nSPS) is 18.5. The van der Waals surface area contributed by atoms with Crippen molar-refractivity contribution >= 4 is 33.2 Å². The molecule has 10 heteroatoms. The van der Waals surface area contributed by atoms with E-state index in [2.05, 4.69) is 10.5 Å². The first-order chi connectivity index (χ1) is 14.8. The zero-order chi connectivity index (χ0) is 22.2. The lowest BCUT2D eigenvalue weighted by atomic mass is 9.97. The van der Waals surface area contributed by atoms with Crippen molar-refractivity contribution in [1.29, 1.82) is 0 Å². The van der Waals surface area contributed by atoms with Crippen molar-refractivity contribution < 1.29 is 22.5 Å². The number of nitrogens with zero attached hydrogens (tertiary/aromatic N) is 3. The number of amides is 2. The number of anilines is 2. The molecule has 166 valence electrons. The van der Waals surface area contributed by atoms with Crippen molar-refractivity contribution in [2.45, 2.75) is 44.4 Å². The van der Waals surface area contributed by atoms with Gasteiger partial charge in [0.05, 0.1) is 0 Å². The van der Waals surface area contributed by atoms with E-state index >= 15 is 0 Å². The summed E-state index contributed by atoms with van der Waals surface area (Å²) in [6.45, 7) is 4.39. The van der Waals surface area contributed by atoms with E-state index < -0.39 is 10.0 Å². The van der Waals surface area contributed by atoms with Crippen molar-refractivity contribution in [3.05, 3.63) is 35.7 Å².